The summed E-state index contributed by atoms with van der Waals surface area (Å²) in [5.41, 5.74) is 0.506. The van der Waals surface area contributed by atoms with Gasteiger partial charge in [-0.3, -0.25) is 0 Å². The highest BCUT2D eigenvalue weighted by Crippen LogP contribution is 2.31. The van der Waals surface area contributed by atoms with Gasteiger partial charge >= 0.3 is 5.97 Å². The normalized spacial score (nSPS) is 35.0. The molecule has 0 unspecified atom stereocenters. The molecule has 9 atom stereocenters. The molecule has 2 fully saturated rings. The monoisotopic (exact) mass is 442 g/mol. The molecule has 0 aromatic carbocycles. The van der Waals surface area contributed by atoms with Gasteiger partial charge in [-0.25, -0.2) is 4.79 Å². The molecule has 31 heavy (non-hydrogen) atoms. The lowest BCUT2D eigenvalue weighted by Crippen LogP contribution is -2.33. The molecular weight excluding hydrogens is 404 g/mol. The van der Waals surface area contributed by atoms with Gasteiger partial charge in [-0.2, -0.15) is 0 Å². The minimum Gasteiger partial charge on any atom is -0.455 e. The molecule has 0 aromatic heterocycles. The average molecular weight is 443 g/mol. The Morgan fingerprint density at radius 1 is 0.935 bits per heavy atom. The van der Waals surface area contributed by atoms with Crippen LogP contribution in [0.25, 0.3) is 0 Å². The second kappa shape index (κ2) is 11.2. The molecule has 0 aliphatic carbocycles. The minimum atomic E-state index is -0.697. The van der Waals surface area contributed by atoms with Gasteiger partial charge in [0.05, 0.1) is 48.8 Å². The maximum absolute atomic E-state index is 11.7. The zero-order chi connectivity index (χ0) is 22.5. The lowest BCUT2D eigenvalue weighted by atomic mass is 9.98. The highest BCUT2D eigenvalue weighted by Gasteiger charge is 2.36. The molecule has 0 aromatic rings. The zero-order valence-electron chi connectivity index (χ0n) is 18.6. The van der Waals surface area contributed by atoms with Gasteiger partial charge in [-0.05, 0) is 64.4 Å². The van der Waals surface area contributed by atoms with Gasteiger partial charge in [-0.15, -0.1) is 0 Å². The van der Waals surface area contributed by atoms with Crippen molar-refractivity contribution in [3.8, 4) is 0 Å². The number of cyclic esters (lactones) is 1. The number of esters is 1. The summed E-state index contributed by atoms with van der Waals surface area (Å²) >= 11 is 0. The molecule has 8 nitrogen and oxygen atoms in total. The van der Waals surface area contributed by atoms with Crippen molar-refractivity contribution in [3.05, 3.63) is 11.6 Å². The lowest BCUT2D eigenvalue weighted by Gasteiger charge is -2.24. The van der Waals surface area contributed by atoms with Crippen molar-refractivity contribution in [2.75, 3.05) is 0 Å². The first kappa shape index (κ1) is 24.6. The molecule has 3 aliphatic heterocycles. The Hall–Kier alpha value is -1.03. The third-order valence-corrected chi connectivity index (χ3v) is 6.67. The van der Waals surface area contributed by atoms with Crippen molar-refractivity contribution in [1.82, 2.24) is 0 Å². The SMILES string of the molecule is CC[C@H](O)[C@H]1CC[C@@H]([C@@H](O)CC[C@H](O)[C@@H]2CC[C@H](C[C@@H](O)CC3=C[C@H](C)OC3=O)O2)O1. The highest BCUT2D eigenvalue weighted by molar-refractivity contribution is 5.90. The quantitative estimate of drug-likeness (QED) is 0.354. The predicted molar refractivity (Wildman–Crippen MR) is 112 cm³/mol. The van der Waals surface area contributed by atoms with Crippen molar-refractivity contribution in [2.24, 2.45) is 0 Å². The number of hydrogen-bond acceptors (Lipinski definition) is 8. The van der Waals surface area contributed by atoms with Crippen molar-refractivity contribution < 1.29 is 39.4 Å². The third-order valence-electron chi connectivity index (χ3n) is 6.67. The molecule has 0 bridgehead atoms. The van der Waals surface area contributed by atoms with Crippen LogP contribution in [0, 0.1) is 0 Å². The Morgan fingerprint density at radius 3 is 2.10 bits per heavy atom. The second-order valence-corrected chi connectivity index (χ2v) is 9.25. The van der Waals surface area contributed by atoms with E-state index in [0.29, 0.717) is 44.1 Å². The zero-order valence-corrected chi connectivity index (χ0v) is 18.6. The van der Waals surface area contributed by atoms with Crippen molar-refractivity contribution in [2.45, 2.75) is 127 Å². The van der Waals surface area contributed by atoms with E-state index in [9.17, 15) is 25.2 Å². The summed E-state index contributed by atoms with van der Waals surface area (Å²) in [7, 11) is 0. The summed E-state index contributed by atoms with van der Waals surface area (Å²) < 4.78 is 16.8. The van der Waals surface area contributed by atoms with E-state index in [2.05, 4.69) is 0 Å². The molecule has 0 amide bonds. The molecular formula is C23H38O8. The fourth-order valence-corrected chi connectivity index (χ4v) is 4.84. The summed E-state index contributed by atoms with van der Waals surface area (Å²) in [5.74, 6) is -0.368. The number of carbonyl (C=O) groups excluding carboxylic acids is 1. The number of rotatable bonds is 11. The van der Waals surface area contributed by atoms with E-state index in [4.69, 9.17) is 14.2 Å². The summed E-state index contributed by atoms with van der Waals surface area (Å²) in [6.45, 7) is 3.69. The van der Waals surface area contributed by atoms with E-state index >= 15 is 0 Å². The van der Waals surface area contributed by atoms with Crippen LogP contribution >= 0.6 is 0 Å². The van der Waals surface area contributed by atoms with Gasteiger partial charge in [0.1, 0.15) is 6.10 Å². The Labute approximate surface area is 184 Å². The molecule has 2 saturated heterocycles. The molecule has 178 valence electrons. The van der Waals surface area contributed by atoms with Gasteiger partial charge in [0.2, 0.25) is 0 Å². The number of carbonyl (C=O) groups is 1. The Balaban J connectivity index is 1.35. The fraction of sp³-hybridized carbons (Fsp3) is 0.870. The summed E-state index contributed by atoms with van der Waals surface area (Å²) in [6.07, 6.45) is 2.89. The first-order valence-electron chi connectivity index (χ1n) is 11.7. The van der Waals surface area contributed by atoms with Crippen LogP contribution in [-0.4, -0.2) is 81.3 Å². The van der Waals surface area contributed by atoms with Crippen LogP contribution in [-0.2, 0) is 19.0 Å². The van der Waals surface area contributed by atoms with Gasteiger partial charge < -0.3 is 34.6 Å². The van der Waals surface area contributed by atoms with Crippen LogP contribution in [0.5, 0.6) is 0 Å². The highest BCUT2D eigenvalue weighted by atomic mass is 16.5. The Morgan fingerprint density at radius 2 is 1.52 bits per heavy atom. The van der Waals surface area contributed by atoms with Gasteiger partial charge in [0, 0.05) is 12.0 Å². The van der Waals surface area contributed by atoms with Gasteiger partial charge in [0.15, 0.2) is 0 Å². The number of ether oxygens (including phenoxy) is 3. The van der Waals surface area contributed by atoms with E-state index in [-0.39, 0.29) is 42.9 Å². The van der Waals surface area contributed by atoms with E-state index in [1.54, 1.807) is 13.0 Å². The number of hydrogen-bond donors (Lipinski definition) is 4. The van der Waals surface area contributed by atoms with Crippen LogP contribution in [0.15, 0.2) is 11.6 Å². The second-order valence-electron chi connectivity index (χ2n) is 9.25. The maximum atomic E-state index is 11.7. The Kier molecular flexibility index (Phi) is 8.90. The van der Waals surface area contributed by atoms with Crippen LogP contribution in [0.3, 0.4) is 0 Å². The van der Waals surface area contributed by atoms with Crippen LogP contribution in [0.4, 0.5) is 0 Å². The molecule has 3 rings (SSSR count). The van der Waals surface area contributed by atoms with E-state index in [1.807, 2.05) is 6.92 Å². The Bertz CT molecular complexity index is 623. The number of aliphatic hydroxyl groups is 4. The molecule has 0 saturated carbocycles. The third kappa shape index (κ3) is 6.73. The molecule has 3 aliphatic rings. The molecule has 0 radical (unpaired) electrons. The van der Waals surface area contributed by atoms with Crippen LogP contribution in [0.1, 0.15) is 71.6 Å². The van der Waals surface area contributed by atoms with Crippen molar-refractivity contribution in [1.29, 1.82) is 0 Å². The number of aliphatic hydroxyl groups excluding tert-OH is 4. The van der Waals surface area contributed by atoms with E-state index < -0.39 is 24.4 Å². The van der Waals surface area contributed by atoms with E-state index in [1.165, 1.54) is 0 Å². The predicted octanol–water partition coefficient (Wildman–Crippen LogP) is 1.37. The lowest BCUT2D eigenvalue weighted by molar-refractivity contribution is -0.139. The smallest absolute Gasteiger partial charge is 0.334 e. The maximum Gasteiger partial charge on any atom is 0.334 e. The van der Waals surface area contributed by atoms with Crippen LogP contribution in [0.2, 0.25) is 0 Å². The van der Waals surface area contributed by atoms with Gasteiger partial charge in [0.25, 0.3) is 0 Å². The van der Waals surface area contributed by atoms with E-state index in [0.717, 1.165) is 12.8 Å². The molecule has 0 spiro atoms. The fourth-order valence-electron chi connectivity index (χ4n) is 4.84. The van der Waals surface area contributed by atoms with Crippen LogP contribution < -0.4 is 0 Å². The largest absolute Gasteiger partial charge is 0.455 e. The van der Waals surface area contributed by atoms with Crippen molar-refractivity contribution >= 4 is 5.97 Å². The summed E-state index contributed by atoms with van der Waals surface area (Å²) in [6, 6.07) is 0. The summed E-state index contributed by atoms with van der Waals surface area (Å²) in [5, 5.41) is 41.2. The average Bonchev–Trinajstić information content (AvgIpc) is 3.46. The molecule has 4 N–H and O–H groups in total. The topological polar surface area (TPSA) is 126 Å². The van der Waals surface area contributed by atoms with Crippen molar-refractivity contribution in [3.63, 3.8) is 0 Å². The molecule has 8 heteroatoms. The van der Waals surface area contributed by atoms with Gasteiger partial charge in [-0.1, -0.05) is 6.92 Å². The standard InChI is InChI=1S/C23H38O8/c1-3-17(25)20-8-9-22(31-20)19(27)6-5-18(26)21-7-4-16(30-21)12-15(24)11-14-10-13(2)29-23(14)28/h10,13,15-22,24-27H,3-9,11-12H2,1-2H3/t13-,15-,16+,17-,18-,19-,20+,21-,22-/m0/s1. The minimum absolute atomic E-state index is 0.163. The summed E-state index contributed by atoms with van der Waals surface area (Å²) in [4.78, 5) is 11.7. The first-order valence-corrected chi connectivity index (χ1v) is 11.7. The first-order chi connectivity index (χ1) is 14.8. The molecule has 3 heterocycles.